The normalized spacial score (nSPS) is 50.3. The summed E-state index contributed by atoms with van der Waals surface area (Å²) < 4.78 is 0. The average molecular weight is 592 g/mol. The van der Waals surface area contributed by atoms with E-state index < -0.39 is 11.4 Å². The Morgan fingerprint density at radius 1 is 0.977 bits per heavy atom. The Balaban J connectivity index is 1.34. The van der Waals surface area contributed by atoms with E-state index in [1.807, 2.05) is 0 Å². The number of aliphatic carboxylic acids is 1. The number of aliphatic hydroxyl groups excluding tert-OH is 1. The zero-order valence-electron chi connectivity index (χ0n) is 28.4. The van der Waals surface area contributed by atoms with Crippen LogP contribution in [0.3, 0.4) is 0 Å². The number of fused-ring (bicyclic) bond motifs is 7. The fourth-order valence-corrected chi connectivity index (χ4v) is 13.7. The molecule has 4 saturated carbocycles. The van der Waals surface area contributed by atoms with Crippen molar-refractivity contribution in [1.82, 2.24) is 0 Å². The summed E-state index contributed by atoms with van der Waals surface area (Å²) in [5, 5.41) is 20.3. The van der Waals surface area contributed by atoms with Gasteiger partial charge in [0.05, 0.1) is 12.0 Å². The summed E-state index contributed by atoms with van der Waals surface area (Å²) in [6.07, 6.45) is 18.0. The number of aliphatic hydroxyl groups is 1. The molecule has 1 unspecified atom stereocenters. The highest BCUT2D eigenvalue weighted by atomic mass is 16.4. The predicted molar refractivity (Wildman–Crippen MR) is 175 cm³/mol. The van der Waals surface area contributed by atoms with Gasteiger partial charge < -0.3 is 15.9 Å². The van der Waals surface area contributed by atoms with Crippen molar-refractivity contribution in [3.8, 4) is 0 Å². The maximum absolute atomic E-state index is 12.3. The Bertz CT molecular complexity index is 1250. The lowest BCUT2D eigenvalue weighted by atomic mass is 9.33. The summed E-state index contributed by atoms with van der Waals surface area (Å²) in [6.45, 7) is 21.5. The van der Waals surface area contributed by atoms with Crippen LogP contribution in [0.15, 0.2) is 35.5 Å². The molecular weight excluding hydrogens is 530 g/mol. The minimum Gasteiger partial charge on any atom is -0.481 e. The lowest BCUT2D eigenvalue weighted by Gasteiger charge is -2.72. The molecule has 0 amide bonds. The van der Waals surface area contributed by atoms with Crippen LogP contribution in [0.25, 0.3) is 0 Å². The van der Waals surface area contributed by atoms with Gasteiger partial charge in [0.2, 0.25) is 0 Å². The third-order valence-corrected chi connectivity index (χ3v) is 16.2. The highest BCUT2D eigenvalue weighted by molar-refractivity contribution is 5.76. The number of carboxylic acid groups (broad SMARTS) is 1. The second-order valence-corrected chi connectivity index (χ2v) is 17.8. The van der Waals surface area contributed by atoms with Crippen LogP contribution in [-0.4, -0.2) is 28.3 Å². The van der Waals surface area contributed by atoms with E-state index >= 15 is 0 Å². The van der Waals surface area contributed by atoms with E-state index in [9.17, 15) is 15.0 Å². The largest absolute Gasteiger partial charge is 0.481 e. The van der Waals surface area contributed by atoms with Crippen LogP contribution in [0.1, 0.15) is 126 Å². The first-order chi connectivity index (χ1) is 20.1. The molecule has 4 heteroatoms. The molecule has 0 aliphatic heterocycles. The quantitative estimate of drug-likeness (QED) is 0.279. The summed E-state index contributed by atoms with van der Waals surface area (Å²) in [4.78, 5) is 12.3. The molecule has 0 spiro atoms. The molecule has 0 saturated heterocycles. The van der Waals surface area contributed by atoms with E-state index in [0.29, 0.717) is 46.8 Å². The van der Waals surface area contributed by atoms with Gasteiger partial charge in [-0.1, -0.05) is 65.8 Å². The number of rotatable bonds is 5. The van der Waals surface area contributed by atoms with E-state index in [2.05, 4.69) is 67.2 Å². The van der Waals surface area contributed by atoms with Crippen LogP contribution in [0.2, 0.25) is 0 Å². The Labute approximate surface area is 262 Å². The maximum atomic E-state index is 12.3. The molecule has 6 rings (SSSR count). The minimum absolute atomic E-state index is 0.000876. The molecule has 6 aliphatic carbocycles. The number of hydrogen-bond donors (Lipinski definition) is 3. The lowest BCUT2D eigenvalue weighted by molar-refractivity contribution is -0.219. The van der Waals surface area contributed by atoms with E-state index in [0.717, 1.165) is 19.3 Å². The molecule has 11 atom stereocenters. The molecular formula is C39H61NO3. The van der Waals surface area contributed by atoms with Gasteiger partial charge in [0.15, 0.2) is 0 Å². The first-order valence-corrected chi connectivity index (χ1v) is 17.8. The Morgan fingerprint density at radius 2 is 1.70 bits per heavy atom. The third kappa shape index (κ3) is 4.03. The van der Waals surface area contributed by atoms with Crippen molar-refractivity contribution in [2.45, 2.75) is 131 Å². The zero-order valence-corrected chi connectivity index (χ0v) is 28.4. The molecule has 0 bridgehead atoms. The van der Waals surface area contributed by atoms with Gasteiger partial charge in [0.1, 0.15) is 0 Å². The van der Waals surface area contributed by atoms with E-state index in [1.54, 1.807) is 0 Å². The van der Waals surface area contributed by atoms with Crippen molar-refractivity contribution >= 4 is 5.97 Å². The maximum Gasteiger partial charge on any atom is 0.312 e. The number of allylic oxidation sites excluding steroid dienone is 5. The first-order valence-electron chi connectivity index (χ1n) is 17.8. The summed E-state index contributed by atoms with van der Waals surface area (Å²) in [5.74, 6) is 2.19. The van der Waals surface area contributed by atoms with Gasteiger partial charge in [-0.15, -0.1) is 0 Å². The van der Waals surface area contributed by atoms with E-state index in [-0.39, 0.29) is 28.9 Å². The first kappa shape index (κ1) is 31.6. The van der Waals surface area contributed by atoms with Crippen LogP contribution in [-0.2, 0) is 4.79 Å². The Kier molecular flexibility index (Phi) is 7.38. The van der Waals surface area contributed by atoms with Gasteiger partial charge in [-0.25, -0.2) is 0 Å². The molecule has 0 radical (unpaired) electrons. The Hall–Kier alpha value is -1.39. The van der Waals surface area contributed by atoms with Crippen LogP contribution in [0.5, 0.6) is 0 Å². The molecule has 43 heavy (non-hydrogen) atoms. The highest BCUT2D eigenvalue weighted by Crippen LogP contribution is 2.76. The molecule has 4 N–H and O–H groups in total. The van der Waals surface area contributed by atoms with Crippen LogP contribution < -0.4 is 5.73 Å². The van der Waals surface area contributed by atoms with Crippen molar-refractivity contribution in [2.24, 2.45) is 68.3 Å². The SMILES string of the molecule is C=C(C)[C@@H]1CC[C@]2(N)CC[C@]3(C)[C@H](CC[C@@H]4[C@@]5(C)CC=C(C6=CC(CC)[C@](CO)(C(=O)O)CC6)C(C)(C)[C@@H]5CC[C@]43C)[C@@H]12. The van der Waals surface area contributed by atoms with Crippen LogP contribution in [0, 0.1) is 62.6 Å². The van der Waals surface area contributed by atoms with Gasteiger partial charge in [-0.05, 0) is 152 Å². The average Bonchev–Trinajstić information content (AvgIpc) is 3.30. The standard InChI is InChI=1S/C39H61NO3/c1-9-26-22-25(12-18-38(26,23-41)33(42)43)28-14-16-35(6)30(34(28,4)5)15-17-37(8)31(35)11-10-29-32-27(24(2)3)13-19-39(32,40)21-20-36(29,37)7/h14,22,26-27,29-32,41H,2,9-13,15-21,23,40H2,1,3-8H3,(H,42,43)/t26?,27-,29+,30-,31+,32+,35-,36+,37+,38-,39-/m0/s1. The number of carbonyl (C=O) groups is 1. The Morgan fingerprint density at radius 3 is 2.33 bits per heavy atom. The topological polar surface area (TPSA) is 83.5 Å². The van der Waals surface area contributed by atoms with E-state index in [4.69, 9.17) is 5.73 Å². The van der Waals surface area contributed by atoms with Crippen molar-refractivity contribution in [3.05, 3.63) is 35.5 Å². The van der Waals surface area contributed by atoms with Crippen LogP contribution >= 0.6 is 0 Å². The molecule has 4 nitrogen and oxygen atoms in total. The van der Waals surface area contributed by atoms with Crippen molar-refractivity contribution in [2.75, 3.05) is 6.61 Å². The smallest absolute Gasteiger partial charge is 0.312 e. The monoisotopic (exact) mass is 591 g/mol. The van der Waals surface area contributed by atoms with Crippen molar-refractivity contribution < 1.29 is 15.0 Å². The van der Waals surface area contributed by atoms with Crippen molar-refractivity contribution in [3.63, 3.8) is 0 Å². The summed E-state index contributed by atoms with van der Waals surface area (Å²) in [7, 11) is 0. The van der Waals surface area contributed by atoms with Gasteiger partial charge in [0.25, 0.3) is 0 Å². The fraction of sp³-hybridized carbons (Fsp3) is 0.821. The number of nitrogens with two attached hydrogens (primary N) is 1. The molecule has 0 heterocycles. The molecule has 4 fully saturated rings. The van der Waals surface area contributed by atoms with Crippen LogP contribution in [0.4, 0.5) is 0 Å². The fourth-order valence-electron chi connectivity index (χ4n) is 13.7. The molecule has 6 aliphatic rings. The summed E-state index contributed by atoms with van der Waals surface area (Å²) >= 11 is 0. The van der Waals surface area contributed by atoms with Crippen molar-refractivity contribution in [1.29, 1.82) is 0 Å². The van der Waals surface area contributed by atoms with Gasteiger partial charge in [-0.3, -0.25) is 4.79 Å². The van der Waals surface area contributed by atoms with Gasteiger partial charge in [-0.2, -0.15) is 0 Å². The zero-order chi connectivity index (χ0) is 31.4. The molecule has 0 aromatic carbocycles. The summed E-state index contributed by atoms with van der Waals surface area (Å²) in [6, 6.07) is 0. The van der Waals surface area contributed by atoms with Gasteiger partial charge >= 0.3 is 5.97 Å². The molecule has 0 aromatic rings. The second-order valence-electron chi connectivity index (χ2n) is 17.8. The van der Waals surface area contributed by atoms with E-state index in [1.165, 1.54) is 68.1 Å². The molecule has 240 valence electrons. The van der Waals surface area contributed by atoms with Gasteiger partial charge in [0, 0.05) is 5.54 Å². The predicted octanol–water partition coefficient (Wildman–Crippen LogP) is 8.70. The molecule has 0 aromatic heterocycles. The minimum atomic E-state index is -1.05. The highest BCUT2D eigenvalue weighted by Gasteiger charge is 2.70. The second kappa shape index (κ2) is 10.1. The third-order valence-electron chi connectivity index (χ3n) is 16.2. The number of carboxylic acids is 1. The lowest BCUT2D eigenvalue weighted by Crippen LogP contribution is -2.67. The number of hydrogen-bond acceptors (Lipinski definition) is 3. The summed E-state index contributed by atoms with van der Waals surface area (Å²) in [5.41, 5.74) is 11.3.